The van der Waals surface area contributed by atoms with Crippen LogP contribution in [-0.2, 0) is 16.1 Å². The molecule has 1 aliphatic heterocycles. The number of carbonyl (C=O) groups excluding carboxylic acids is 3. The lowest BCUT2D eigenvalue weighted by Gasteiger charge is -2.27. The van der Waals surface area contributed by atoms with E-state index in [2.05, 4.69) is 4.98 Å². The molecule has 2 unspecified atom stereocenters. The van der Waals surface area contributed by atoms with Gasteiger partial charge < -0.3 is 9.64 Å². The third kappa shape index (κ3) is 4.76. The zero-order valence-electron chi connectivity index (χ0n) is 19.1. The van der Waals surface area contributed by atoms with Gasteiger partial charge in [0.15, 0.2) is 5.78 Å². The molecule has 0 bridgehead atoms. The van der Waals surface area contributed by atoms with E-state index in [1.165, 1.54) is 4.90 Å². The van der Waals surface area contributed by atoms with Gasteiger partial charge in [-0.05, 0) is 65.7 Å². The summed E-state index contributed by atoms with van der Waals surface area (Å²) in [6, 6.07) is 25.5. The van der Waals surface area contributed by atoms with Crippen LogP contribution in [0.15, 0.2) is 103 Å². The summed E-state index contributed by atoms with van der Waals surface area (Å²) in [6.45, 7) is 0.136. The number of hydrogen-bond acceptors (Lipinski definition) is 5. The summed E-state index contributed by atoms with van der Waals surface area (Å²) in [5.41, 5.74) is 1.69. The third-order valence-corrected chi connectivity index (χ3v) is 6.32. The highest BCUT2D eigenvalue weighted by molar-refractivity contribution is 6.44. The molecule has 0 spiro atoms. The SMILES string of the molecule is O=C1C(=O)N(Cc2cccnc2)C(c2cccc(Oc3ccccc3)c2)C1C(=O)c1ccc(Cl)cc1. The zero-order chi connectivity index (χ0) is 25.1. The predicted molar refractivity (Wildman–Crippen MR) is 135 cm³/mol. The molecule has 1 amide bonds. The number of pyridine rings is 1. The fourth-order valence-corrected chi connectivity index (χ4v) is 4.52. The zero-order valence-corrected chi connectivity index (χ0v) is 19.8. The normalized spacial score (nSPS) is 17.3. The molecule has 3 aromatic carbocycles. The first-order chi connectivity index (χ1) is 17.5. The van der Waals surface area contributed by atoms with Crippen LogP contribution in [-0.4, -0.2) is 27.4 Å². The summed E-state index contributed by atoms with van der Waals surface area (Å²) in [5.74, 6) is -1.90. The van der Waals surface area contributed by atoms with E-state index in [0.29, 0.717) is 27.6 Å². The Labute approximate surface area is 213 Å². The molecule has 2 heterocycles. The fourth-order valence-electron chi connectivity index (χ4n) is 4.40. The number of halogens is 1. The van der Waals surface area contributed by atoms with Gasteiger partial charge >= 0.3 is 0 Å². The standard InChI is InChI=1S/C29H21ClN2O4/c30-22-13-11-20(12-14-22)27(33)25-26(32(29(35)28(25)34)18-19-6-5-15-31-17-19)21-7-4-10-24(16-21)36-23-8-2-1-3-9-23/h1-17,25-26H,18H2. The van der Waals surface area contributed by atoms with Crippen molar-refractivity contribution in [3.05, 3.63) is 125 Å². The molecular weight excluding hydrogens is 476 g/mol. The number of rotatable bonds is 7. The van der Waals surface area contributed by atoms with Crippen molar-refractivity contribution >= 4 is 29.1 Å². The Morgan fingerprint density at radius 3 is 2.36 bits per heavy atom. The van der Waals surface area contributed by atoms with Crippen LogP contribution in [0.2, 0.25) is 5.02 Å². The van der Waals surface area contributed by atoms with Crippen LogP contribution >= 0.6 is 11.6 Å². The summed E-state index contributed by atoms with van der Waals surface area (Å²) in [5, 5.41) is 0.473. The first-order valence-electron chi connectivity index (χ1n) is 11.4. The van der Waals surface area contributed by atoms with Crippen molar-refractivity contribution in [3.8, 4) is 11.5 Å². The molecule has 178 valence electrons. The molecule has 4 aromatic rings. The van der Waals surface area contributed by atoms with Crippen molar-refractivity contribution in [2.24, 2.45) is 5.92 Å². The molecule has 0 N–H and O–H groups in total. The Morgan fingerprint density at radius 1 is 0.889 bits per heavy atom. The second-order valence-electron chi connectivity index (χ2n) is 8.44. The summed E-state index contributed by atoms with van der Waals surface area (Å²) in [7, 11) is 0. The van der Waals surface area contributed by atoms with E-state index in [1.54, 1.807) is 67.0 Å². The van der Waals surface area contributed by atoms with Gasteiger partial charge in [0.1, 0.15) is 17.4 Å². The number of likely N-dealkylation sites (tertiary alicyclic amines) is 1. The molecular formula is C29H21ClN2O4. The van der Waals surface area contributed by atoms with Gasteiger partial charge in [-0.15, -0.1) is 0 Å². The third-order valence-electron chi connectivity index (χ3n) is 6.07. The molecule has 7 heteroatoms. The second-order valence-corrected chi connectivity index (χ2v) is 8.88. The Kier molecular flexibility index (Phi) is 6.60. The summed E-state index contributed by atoms with van der Waals surface area (Å²) in [6.07, 6.45) is 3.27. The molecule has 1 aromatic heterocycles. The minimum atomic E-state index is -1.21. The summed E-state index contributed by atoms with van der Waals surface area (Å²) < 4.78 is 5.98. The number of hydrogen-bond donors (Lipinski definition) is 0. The van der Waals surface area contributed by atoms with Crippen LogP contribution in [0.3, 0.4) is 0 Å². The van der Waals surface area contributed by atoms with Crippen LogP contribution in [0.4, 0.5) is 0 Å². The van der Waals surface area contributed by atoms with Crippen molar-refractivity contribution < 1.29 is 19.1 Å². The van der Waals surface area contributed by atoms with Crippen LogP contribution in [0.1, 0.15) is 27.5 Å². The monoisotopic (exact) mass is 496 g/mol. The molecule has 0 saturated carbocycles. The van der Waals surface area contributed by atoms with E-state index in [-0.39, 0.29) is 6.54 Å². The molecule has 5 rings (SSSR count). The minimum absolute atomic E-state index is 0.136. The molecule has 1 saturated heterocycles. The maximum atomic E-state index is 13.6. The average molecular weight is 497 g/mol. The second kappa shape index (κ2) is 10.1. The number of benzene rings is 3. The number of amides is 1. The molecule has 6 nitrogen and oxygen atoms in total. The topological polar surface area (TPSA) is 76.6 Å². The average Bonchev–Trinajstić information content (AvgIpc) is 3.15. The number of aromatic nitrogens is 1. The van der Waals surface area contributed by atoms with E-state index in [1.807, 2.05) is 36.4 Å². The van der Waals surface area contributed by atoms with E-state index >= 15 is 0 Å². The van der Waals surface area contributed by atoms with Crippen LogP contribution in [0.5, 0.6) is 11.5 Å². The predicted octanol–water partition coefficient (Wildman–Crippen LogP) is 5.68. The lowest BCUT2D eigenvalue weighted by atomic mass is 9.86. The highest BCUT2D eigenvalue weighted by atomic mass is 35.5. The van der Waals surface area contributed by atoms with Gasteiger partial charge in [0, 0.05) is 29.5 Å². The highest BCUT2D eigenvalue weighted by Gasteiger charge is 2.51. The smallest absolute Gasteiger partial charge is 0.291 e. The number of ketones is 2. The van der Waals surface area contributed by atoms with Gasteiger partial charge in [-0.25, -0.2) is 0 Å². The highest BCUT2D eigenvalue weighted by Crippen LogP contribution is 2.40. The van der Waals surface area contributed by atoms with Gasteiger partial charge in [-0.1, -0.05) is 48.0 Å². The van der Waals surface area contributed by atoms with Gasteiger partial charge in [-0.3, -0.25) is 19.4 Å². The number of para-hydroxylation sites is 1. The fraction of sp³-hybridized carbons (Fsp3) is 0.103. The van der Waals surface area contributed by atoms with E-state index < -0.39 is 29.4 Å². The van der Waals surface area contributed by atoms with E-state index in [9.17, 15) is 14.4 Å². The molecule has 2 atom stereocenters. The van der Waals surface area contributed by atoms with Crippen molar-refractivity contribution in [2.45, 2.75) is 12.6 Å². The van der Waals surface area contributed by atoms with E-state index in [4.69, 9.17) is 16.3 Å². The lowest BCUT2D eigenvalue weighted by Crippen LogP contribution is -2.30. The number of nitrogens with zero attached hydrogens (tertiary/aromatic N) is 2. The van der Waals surface area contributed by atoms with Crippen molar-refractivity contribution in [3.63, 3.8) is 0 Å². The van der Waals surface area contributed by atoms with Gasteiger partial charge in [0.2, 0.25) is 5.78 Å². The van der Waals surface area contributed by atoms with Crippen LogP contribution in [0, 0.1) is 5.92 Å². The lowest BCUT2D eigenvalue weighted by molar-refractivity contribution is -0.141. The van der Waals surface area contributed by atoms with Crippen molar-refractivity contribution in [1.29, 1.82) is 0 Å². The van der Waals surface area contributed by atoms with Crippen molar-refractivity contribution in [1.82, 2.24) is 9.88 Å². The molecule has 1 aliphatic rings. The summed E-state index contributed by atoms with van der Waals surface area (Å²) in [4.78, 5) is 45.6. The maximum Gasteiger partial charge on any atom is 0.291 e. The van der Waals surface area contributed by atoms with Crippen LogP contribution < -0.4 is 4.74 Å². The first kappa shape index (κ1) is 23.5. The molecule has 1 fully saturated rings. The Balaban J connectivity index is 1.56. The molecule has 0 radical (unpaired) electrons. The van der Waals surface area contributed by atoms with Gasteiger partial charge in [0.25, 0.3) is 5.91 Å². The first-order valence-corrected chi connectivity index (χ1v) is 11.8. The van der Waals surface area contributed by atoms with Gasteiger partial charge in [0.05, 0.1) is 6.04 Å². The molecule has 0 aliphatic carbocycles. The molecule has 36 heavy (non-hydrogen) atoms. The maximum absolute atomic E-state index is 13.6. The Bertz CT molecular complexity index is 1410. The van der Waals surface area contributed by atoms with Crippen LogP contribution in [0.25, 0.3) is 0 Å². The summed E-state index contributed by atoms with van der Waals surface area (Å²) >= 11 is 5.99. The number of Topliss-reactive ketones (excluding diaryl/α,β-unsaturated/α-hetero) is 2. The minimum Gasteiger partial charge on any atom is -0.457 e. The number of carbonyl (C=O) groups is 3. The van der Waals surface area contributed by atoms with Gasteiger partial charge in [-0.2, -0.15) is 0 Å². The Morgan fingerprint density at radius 2 is 1.64 bits per heavy atom. The quantitative estimate of drug-likeness (QED) is 0.187. The van der Waals surface area contributed by atoms with Crippen molar-refractivity contribution in [2.75, 3.05) is 0 Å². The Hall–Kier alpha value is -4.29. The number of ether oxygens (including phenoxy) is 1. The van der Waals surface area contributed by atoms with E-state index in [0.717, 1.165) is 5.56 Å². The largest absolute Gasteiger partial charge is 0.457 e.